The van der Waals surface area contributed by atoms with Crippen LogP contribution >= 0.6 is 23.2 Å². The van der Waals surface area contributed by atoms with Gasteiger partial charge in [0.2, 0.25) is 0 Å². The molecule has 1 aromatic heterocycles. The lowest BCUT2D eigenvalue weighted by Crippen LogP contribution is -2.11. The first-order valence-electron chi connectivity index (χ1n) is 11.8. The Labute approximate surface area is 224 Å². The van der Waals surface area contributed by atoms with E-state index in [1.165, 1.54) is 6.92 Å². The largest absolute Gasteiger partial charge is 0.496 e. The summed E-state index contributed by atoms with van der Waals surface area (Å²) in [5, 5.41) is 1.72. The Morgan fingerprint density at radius 3 is 2.57 bits per heavy atom. The van der Waals surface area contributed by atoms with Crippen molar-refractivity contribution in [1.82, 2.24) is 4.98 Å². The third-order valence-electron chi connectivity index (χ3n) is 6.48. The van der Waals surface area contributed by atoms with Gasteiger partial charge in [-0.2, -0.15) is 0 Å². The van der Waals surface area contributed by atoms with Crippen molar-refractivity contribution in [3.8, 4) is 5.75 Å². The van der Waals surface area contributed by atoms with Gasteiger partial charge in [0.05, 0.1) is 33.9 Å². The fourth-order valence-electron chi connectivity index (χ4n) is 4.64. The Bertz CT molecular complexity index is 1590. The van der Waals surface area contributed by atoms with Crippen molar-refractivity contribution in [2.24, 2.45) is 0 Å². The van der Waals surface area contributed by atoms with Crippen LogP contribution in [0.1, 0.15) is 56.4 Å². The first kappa shape index (κ1) is 25.0. The van der Waals surface area contributed by atoms with E-state index in [9.17, 15) is 9.59 Å². The van der Waals surface area contributed by atoms with E-state index in [1.807, 2.05) is 42.5 Å². The number of fused-ring (bicyclic) bond motifs is 2. The average molecular weight is 532 g/mol. The van der Waals surface area contributed by atoms with Gasteiger partial charge in [-0.05, 0) is 78.9 Å². The summed E-state index contributed by atoms with van der Waals surface area (Å²) in [5.74, 6) is 0.0323. The fraction of sp³-hybridized carbons (Fsp3) is 0.167. The van der Waals surface area contributed by atoms with Crippen molar-refractivity contribution in [3.63, 3.8) is 0 Å². The van der Waals surface area contributed by atoms with Gasteiger partial charge in [0, 0.05) is 16.5 Å². The van der Waals surface area contributed by atoms with Crippen molar-refractivity contribution in [1.29, 1.82) is 0 Å². The molecule has 5 nitrogen and oxygen atoms in total. The van der Waals surface area contributed by atoms with Crippen LogP contribution < -0.4 is 4.74 Å². The molecule has 0 fully saturated rings. The van der Waals surface area contributed by atoms with Gasteiger partial charge in [-0.25, -0.2) is 9.78 Å². The maximum atomic E-state index is 13.5. The predicted molar refractivity (Wildman–Crippen MR) is 147 cm³/mol. The highest BCUT2D eigenvalue weighted by atomic mass is 35.5. The summed E-state index contributed by atoms with van der Waals surface area (Å²) in [6, 6.07) is 18.1. The van der Waals surface area contributed by atoms with E-state index in [0.29, 0.717) is 44.4 Å². The van der Waals surface area contributed by atoms with Gasteiger partial charge in [-0.1, -0.05) is 47.5 Å². The number of halogens is 2. The lowest BCUT2D eigenvalue weighted by atomic mass is 10.0. The first-order valence-corrected chi connectivity index (χ1v) is 12.5. The zero-order valence-electron chi connectivity index (χ0n) is 20.3. The van der Waals surface area contributed by atoms with Crippen LogP contribution in [0, 0.1) is 0 Å². The number of Topliss-reactive ketones (excluding diaryl/α,β-unsaturated/α-hetero) is 1. The number of para-hydroxylation sites is 1. The number of carbonyl (C=O) groups excluding carboxylic acids is 2. The molecule has 7 heteroatoms. The molecule has 1 heterocycles. The molecule has 0 N–H and O–H groups in total. The van der Waals surface area contributed by atoms with E-state index in [1.54, 1.807) is 31.4 Å². The van der Waals surface area contributed by atoms with E-state index in [0.717, 1.165) is 34.2 Å². The minimum absolute atomic E-state index is 0.0273. The minimum atomic E-state index is -0.444. The third-order valence-corrected chi connectivity index (χ3v) is 7.22. The highest BCUT2D eigenvalue weighted by Crippen LogP contribution is 2.38. The van der Waals surface area contributed by atoms with Gasteiger partial charge in [0.25, 0.3) is 0 Å². The fourth-order valence-corrected chi connectivity index (χ4v) is 4.95. The van der Waals surface area contributed by atoms with Crippen LogP contribution in [0.15, 0.2) is 60.7 Å². The number of carbonyl (C=O) groups is 2. The second kappa shape index (κ2) is 10.4. The van der Waals surface area contributed by atoms with E-state index >= 15 is 0 Å². The van der Waals surface area contributed by atoms with Crippen LogP contribution in [0.3, 0.4) is 0 Å². The summed E-state index contributed by atoms with van der Waals surface area (Å²) in [6.07, 6.45) is 3.42. The molecule has 0 unspecified atom stereocenters. The number of aromatic nitrogens is 1. The van der Waals surface area contributed by atoms with Crippen LogP contribution in [0.2, 0.25) is 10.0 Å². The Kier molecular flexibility index (Phi) is 7.00. The molecule has 37 heavy (non-hydrogen) atoms. The number of ether oxygens (including phenoxy) is 2. The van der Waals surface area contributed by atoms with Crippen LogP contribution in [-0.2, 0) is 17.8 Å². The monoisotopic (exact) mass is 531 g/mol. The van der Waals surface area contributed by atoms with Crippen molar-refractivity contribution in [2.45, 2.75) is 26.4 Å². The number of ketones is 1. The molecule has 0 saturated heterocycles. The van der Waals surface area contributed by atoms with Crippen LogP contribution in [-0.4, -0.2) is 23.8 Å². The summed E-state index contributed by atoms with van der Waals surface area (Å²) < 4.78 is 11.2. The zero-order valence-corrected chi connectivity index (χ0v) is 21.8. The first-order chi connectivity index (χ1) is 17.9. The lowest BCUT2D eigenvalue weighted by Gasteiger charge is -2.14. The lowest BCUT2D eigenvalue weighted by molar-refractivity contribution is 0.0471. The van der Waals surface area contributed by atoms with Gasteiger partial charge in [0.15, 0.2) is 5.78 Å². The van der Waals surface area contributed by atoms with E-state index < -0.39 is 5.97 Å². The number of rotatable bonds is 6. The van der Waals surface area contributed by atoms with Gasteiger partial charge in [-0.3, -0.25) is 4.79 Å². The maximum absolute atomic E-state index is 13.5. The molecule has 0 radical (unpaired) electrons. The molecule has 0 amide bonds. The zero-order chi connectivity index (χ0) is 26.1. The smallest absolute Gasteiger partial charge is 0.339 e. The second-order valence-electron chi connectivity index (χ2n) is 8.83. The summed E-state index contributed by atoms with van der Waals surface area (Å²) in [7, 11) is 1.54. The van der Waals surface area contributed by atoms with Gasteiger partial charge < -0.3 is 9.47 Å². The Morgan fingerprint density at radius 2 is 1.81 bits per heavy atom. The number of esters is 1. The molecule has 0 aliphatic heterocycles. The minimum Gasteiger partial charge on any atom is -0.496 e. The highest BCUT2D eigenvalue weighted by molar-refractivity contribution is 6.42. The molecule has 5 rings (SSSR count). The van der Waals surface area contributed by atoms with Crippen LogP contribution in [0.4, 0.5) is 0 Å². The summed E-state index contributed by atoms with van der Waals surface area (Å²) in [6.45, 7) is 1.47. The molecular weight excluding hydrogens is 509 g/mol. The van der Waals surface area contributed by atoms with Gasteiger partial charge in [0.1, 0.15) is 12.4 Å². The van der Waals surface area contributed by atoms with Crippen LogP contribution in [0.25, 0.3) is 22.6 Å². The number of allylic oxidation sites excluding steroid dienone is 1. The van der Waals surface area contributed by atoms with Gasteiger partial charge in [-0.15, -0.1) is 0 Å². The Morgan fingerprint density at radius 1 is 1.00 bits per heavy atom. The number of nitrogens with zero attached hydrogens (tertiary/aromatic N) is 1. The highest BCUT2D eigenvalue weighted by Gasteiger charge is 2.28. The molecule has 0 saturated carbocycles. The summed E-state index contributed by atoms with van der Waals surface area (Å²) >= 11 is 12.3. The molecule has 0 spiro atoms. The maximum Gasteiger partial charge on any atom is 0.339 e. The third kappa shape index (κ3) is 4.97. The molecule has 186 valence electrons. The topological polar surface area (TPSA) is 65.5 Å². The summed E-state index contributed by atoms with van der Waals surface area (Å²) in [5.41, 5.74) is 5.95. The van der Waals surface area contributed by atoms with Crippen molar-refractivity contribution in [2.75, 3.05) is 7.11 Å². The standard InChI is InChI=1S/C30H23Cl2NO4/c1-17(34)19-9-12-27(36-2)21(15-19)16-37-30(35)28-22-5-3-4-6-26(22)33-29-20(8-10-23(28)29)13-18-7-11-24(31)25(32)14-18/h3-7,9,11-15H,8,10,16H2,1-2H3. The quantitative estimate of drug-likeness (QED) is 0.189. The predicted octanol–water partition coefficient (Wildman–Crippen LogP) is 7.60. The van der Waals surface area contributed by atoms with Crippen molar-refractivity contribution >= 4 is 57.5 Å². The summed E-state index contributed by atoms with van der Waals surface area (Å²) in [4.78, 5) is 30.3. The van der Waals surface area contributed by atoms with Crippen molar-refractivity contribution in [3.05, 3.63) is 104 Å². The molecule has 0 bridgehead atoms. The molecule has 1 aliphatic rings. The second-order valence-corrected chi connectivity index (χ2v) is 9.65. The number of hydrogen-bond acceptors (Lipinski definition) is 5. The van der Waals surface area contributed by atoms with Gasteiger partial charge >= 0.3 is 5.97 Å². The number of benzene rings is 3. The number of pyridine rings is 1. The number of methoxy groups -OCH3 is 1. The Balaban J connectivity index is 1.53. The molecule has 0 atom stereocenters. The molecule has 4 aromatic rings. The normalized spacial score (nSPS) is 13.6. The van der Waals surface area contributed by atoms with E-state index in [2.05, 4.69) is 0 Å². The number of hydrogen-bond donors (Lipinski definition) is 0. The molecule has 1 aliphatic carbocycles. The van der Waals surface area contributed by atoms with Crippen LogP contribution in [0.5, 0.6) is 5.75 Å². The van der Waals surface area contributed by atoms with E-state index in [-0.39, 0.29) is 12.4 Å². The molecule has 3 aromatic carbocycles. The Hall–Kier alpha value is -3.67. The SMILES string of the molecule is COc1ccc(C(C)=O)cc1COC(=O)c1c2c(nc3ccccc13)C(=Cc1ccc(Cl)c(Cl)c1)CC2. The van der Waals surface area contributed by atoms with E-state index in [4.69, 9.17) is 37.7 Å². The average Bonchev–Trinajstić information content (AvgIpc) is 3.29. The molecular formula is C30H23Cl2NO4. The van der Waals surface area contributed by atoms with Crippen molar-refractivity contribution < 1.29 is 19.1 Å².